The zero-order valence-electron chi connectivity index (χ0n) is 11.5. The first-order valence-corrected chi connectivity index (χ1v) is 7.58. The number of fused-ring (bicyclic) bond motifs is 1. The van der Waals surface area contributed by atoms with E-state index in [9.17, 15) is 4.79 Å². The van der Waals surface area contributed by atoms with Crippen molar-refractivity contribution >= 4 is 50.1 Å². The predicted molar refractivity (Wildman–Crippen MR) is 89.9 cm³/mol. The Morgan fingerprint density at radius 3 is 2.82 bits per heavy atom. The molecule has 0 spiro atoms. The van der Waals surface area contributed by atoms with E-state index in [0.717, 1.165) is 9.86 Å². The summed E-state index contributed by atoms with van der Waals surface area (Å²) in [5, 5.41) is 3.96. The number of anilines is 1. The lowest BCUT2D eigenvalue weighted by Gasteiger charge is -2.05. The van der Waals surface area contributed by atoms with Crippen molar-refractivity contribution in [3.8, 4) is 5.75 Å². The quantitative estimate of drug-likeness (QED) is 0.687. The number of amides is 1. The van der Waals surface area contributed by atoms with Crippen LogP contribution in [0.25, 0.3) is 11.0 Å². The van der Waals surface area contributed by atoms with Gasteiger partial charge in [-0.3, -0.25) is 4.79 Å². The van der Waals surface area contributed by atoms with Gasteiger partial charge < -0.3 is 14.5 Å². The second-order valence-electron chi connectivity index (χ2n) is 4.57. The Balaban J connectivity index is 1.92. The molecular weight excluding hydrogens is 370 g/mol. The highest BCUT2D eigenvalue weighted by Crippen LogP contribution is 2.30. The van der Waals surface area contributed by atoms with Crippen molar-refractivity contribution in [1.82, 2.24) is 0 Å². The van der Waals surface area contributed by atoms with Gasteiger partial charge in [-0.2, -0.15) is 0 Å². The maximum atomic E-state index is 12.3. The molecule has 0 aliphatic rings. The minimum absolute atomic E-state index is 0.193. The molecule has 1 N–H and O–H groups in total. The van der Waals surface area contributed by atoms with Gasteiger partial charge in [0.25, 0.3) is 5.91 Å². The standard InChI is InChI=1S/C16H11BrClNO3/c1-21-13-4-2-3-9-7-14(22-15(9)13)16(20)19-12-6-5-10(17)8-11(12)18/h2-8H,1H3,(H,19,20). The minimum atomic E-state index is -0.373. The first kappa shape index (κ1) is 14.9. The normalized spacial score (nSPS) is 10.7. The molecule has 0 radical (unpaired) electrons. The van der Waals surface area contributed by atoms with E-state index in [1.165, 1.54) is 0 Å². The average Bonchev–Trinajstić information content (AvgIpc) is 2.94. The molecule has 0 saturated heterocycles. The van der Waals surface area contributed by atoms with E-state index in [1.54, 1.807) is 37.4 Å². The van der Waals surface area contributed by atoms with Crippen molar-refractivity contribution in [3.63, 3.8) is 0 Å². The van der Waals surface area contributed by atoms with Crippen LogP contribution in [0.4, 0.5) is 5.69 Å². The van der Waals surface area contributed by atoms with Gasteiger partial charge in [-0.1, -0.05) is 39.7 Å². The van der Waals surface area contributed by atoms with Crippen LogP contribution in [0.15, 0.2) is 51.4 Å². The van der Waals surface area contributed by atoms with E-state index in [-0.39, 0.29) is 11.7 Å². The second-order valence-corrected chi connectivity index (χ2v) is 5.89. The summed E-state index contributed by atoms with van der Waals surface area (Å²) in [6.07, 6.45) is 0. The summed E-state index contributed by atoms with van der Waals surface area (Å²) >= 11 is 9.41. The number of hydrogen-bond acceptors (Lipinski definition) is 3. The number of methoxy groups -OCH3 is 1. The molecule has 2 aromatic carbocycles. The summed E-state index contributed by atoms with van der Waals surface area (Å²) in [6, 6.07) is 12.4. The Labute approximate surface area is 140 Å². The fraction of sp³-hybridized carbons (Fsp3) is 0.0625. The number of rotatable bonds is 3. The van der Waals surface area contributed by atoms with Crippen molar-refractivity contribution in [2.24, 2.45) is 0 Å². The van der Waals surface area contributed by atoms with Gasteiger partial charge in [-0.25, -0.2) is 0 Å². The van der Waals surface area contributed by atoms with E-state index in [0.29, 0.717) is 22.0 Å². The number of hydrogen-bond donors (Lipinski definition) is 1. The number of ether oxygens (including phenoxy) is 1. The fourth-order valence-corrected chi connectivity index (χ4v) is 2.80. The lowest BCUT2D eigenvalue weighted by molar-refractivity contribution is 0.0998. The molecule has 3 rings (SSSR count). The van der Waals surface area contributed by atoms with Gasteiger partial charge in [0.2, 0.25) is 0 Å². The largest absolute Gasteiger partial charge is 0.493 e. The van der Waals surface area contributed by atoms with Crippen LogP contribution in [0, 0.1) is 0 Å². The fourth-order valence-electron chi connectivity index (χ4n) is 2.08. The van der Waals surface area contributed by atoms with Crippen molar-refractivity contribution in [2.75, 3.05) is 12.4 Å². The summed E-state index contributed by atoms with van der Waals surface area (Å²) in [5.41, 5.74) is 1.05. The molecule has 4 nitrogen and oxygen atoms in total. The summed E-state index contributed by atoms with van der Waals surface area (Å²) in [4.78, 5) is 12.3. The molecule has 0 atom stereocenters. The Morgan fingerprint density at radius 1 is 1.27 bits per heavy atom. The molecule has 1 heterocycles. The SMILES string of the molecule is COc1cccc2cc(C(=O)Nc3ccc(Br)cc3Cl)oc12. The van der Waals surface area contributed by atoms with Crippen LogP contribution in [0.1, 0.15) is 10.6 Å². The van der Waals surface area contributed by atoms with Gasteiger partial charge in [-0.15, -0.1) is 0 Å². The molecule has 6 heteroatoms. The maximum Gasteiger partial charge on any atom is 0.291 e. The summed E-state index contributed by atoms with van der Waals surface area (Å²) < 4.78 is 11.7. The Kier molecular flexibility index (Phi) is 4.09. The third-order valence-corrected chi connectivity index (χ3v) is 3.94. The number of furan rings is 1. The monoisotopic (exact) mass is 379 g/mol. The molecule has 0 saturated carbocycles. The summed E-state index contributed by atoms with van der Waals surface area (Å²) in [5.74, 6) is 0.402. The van der Waals surface area contributed by atoms with E-state index < -0.39 is 0 Å². The Bertz CT molecular complexity index is 860. The number of benzene rings is 2. The number of carbonyl (C=O) groups is 1. The Morgan fingerprint density at radius 2 is 2.09 bits per heavy atom. The van der Waals surface area contributed by atoms with Gasteiger partial charge in [0.15, 0.2) is 17.1 Å². The van der Waals surface area contributed by atoms with Crippen molar-refractivity contribution in [2.45, 2.75) is 0 Å². The maximum absolute atomic E-state index is 12.3. The predicted octanol–water partition coefficient (Wildman–Crippen LogP) is 5.11. The topological polar surface area (TPSA) is 51.5 Å². The van der Waals surface area contributed by atoms with Crippen LogP contribution in [0.3, 0.4) is 0 Å². The number of nitrogens with one attached hydrogen (secondary N) is 1. The molecule has 0 aliphatic heterocycles. The number of halogens is 2. The second kappa shape index (κ2) is 6.02. The molecule has 0 unspecified atom stereocenters. The van der Waals surface area contributed by atoms with Crippen molar-refractivity contribution in [1.29, 1.82) is 0 Å². The van der Waals surface area contributed by atoms with Crippen LogP contribution in [0.5, 0.6) is 5.75 Å². The average molecular weight is 381 g/mol. The van der Waals surface area contributed by atoms with Crippen LogP contribution in [0.2, 0.25) is 5.02 Å². The molecule has 0 aliphatic carbocycles. The van der Waals surface area contributed by atoms with Crippen LogP contribution in [-0.4, -0.2) is 13.0 Å². The smallest absolute Gasteiger partial charge is 0.291 e. The first-order chi connectivity index (χ1) is 10.6. The van der Waals surface area contributed by atoms with Crippen molar-refractivity contribution in [3.05, 3.63) is 57.7 Å². The van der Waals surface area contributed by atoms with Gasteiger partial charge in [0.05, 0.1) is 17.8 Å². The van der Waals surface area contributed by atoms with E-state index in [2.05, 4.69) is 21.2 Å². The van der Waals surface area contributed by atoms with Crippen LogP contribution < -0.4 is 10.1 Å². The van der Waals surface area contributed by atoms with Crippen LogP contribution in [-0.2, 0) is 0 Å². The van der Waals surface area contributed by atoms with Gasteiger partial charge in [0, 0.05) is 9.86 Å². The number of para-hydroxylation sites is 1. The summed E-state index contributed by atoms with van der Waals surface area (Å²) in [6.45, 7) is 0. The zero-order valence-corrected chi connectivity index (χ0v) is 13.9. The van der Waals surface area contributed by atoms with Gasteiger partial charge in [0.1, 0.15) is 0 Å². The molecule has 1 aromatic heterocycles. The highest BCUT2D eigenvalue weighted by atomic mass is 79.9. The zero-order chi connectivity index (χ0) is 15.7. The Hall–Kier alpha value is -1.98. The van der Waals surface area contributed by atoms with E-state index >= 15 is 0 Å². The molecule has 0 bridgehead atoms. The first-order valence-electron chi connectivity index (χ1n) is 6.41. The molecule has 112 valence electrons. The lowest BCUT2D eigenvalue weighted by atomic mass is 10.2. The molecule has 1 amide bonds. The van der Waals surface area contributed by atoms with Crippen LogP contribution >= 0.6 is 27.5 Å². The molecule has 0 fully saturated rings. The molecule has 22 heavy (non-hydrogen) atoms. The third-order valence-electron chi connectivity index (χ3n) is 3.13. The number of carbonyl (C=O) groups excluding carboxylic acids is 1. The molecular formula is C16H11BrClNO3. The van der Waals surface area contributed by atoms with Gasteiger partial charge in [-0.05, 0) is 30.3 Å². The van der Waals surface area contributed by atoms with Crippen molar-refractivity contribution < 1.29 is 13.9 Å². The highest BCUT2D eigenvalue weighted by molar-refractivity contribution is 9.10. The highest BCUT2D eigenvalue weighted by Gasteiger charge is 2.16. The molecule has 3 aromatic rings. The van der Waals surface area contributed by atoms with Gasteiger partial charge >= 0.3 is 0 Å². The minimum Gasteiger partial charge on any atom is -0.493 e. The summed E-state index contributed by atoms with van der Waals surface area (Å²) in [7, 11) is 1.55. The van der Waals surface area contributed by atoms with E-state index in [1.807, 2.05) is 12.1 Å². The third kappa shape index (κ3) is 2.82. The van der Waals surface area contributed by atoms with E-state index in [4.69, 9.17) is 20.8 Å². The lowest BCUT2D eigenvalue weighted by Crippen LogP contribution is -2.11.